The summed E-state index contributed by atoms with van der Waals surface area (Å²) in [6.45, 7) is 2.71. The van der Waals surface area contributed by atoms with E-state index in [-0.39, 0.29) is 11.8 Å². The first-order chi connectivity index (χ1) is 10.1. The summed E-state index contributed by atoms with van der Waals surface area (Å²) >= 11 is 0. The van der Waals surface area contributed by atoms with E-state index in [9.17, 15) is 8.42 Å². The van der Waals surface area contributed by atoms with Gasteiger partial charge in [-0.3, -0.25) is 0 Å². The molecule has 1 saturated heterocycles. The number of rotatable bonds is 4. The number of aromatic nitrogens is 3. The number of hydrogen-bond acceptors (Lipinski definition) is 4. The van der Waals surface area contributed by atoms with E-state index < -0.39 is 10.0 Å². The normalized spacial score (nSPS) is 20.0. The first kappa shape index (κ1) is 14.2. The van der Waals surface area contributed by atoms with E-state index in [1.807, 2.05) is 36.5 Å². The average Bonchev–Trinajstić information content (AvgIpc) is 3.17. The molecule has 0 aliphatic carbocycles. The number of nitrogens with zero attached hydrogens (tertiary/aromatic N) is 4. The molecule has 7 heteroatoms. The minimum absolute atomic E-state index is 0.0660. The smallest absolute Gasteiger partial charge is 0.213 e. The lowest BCUT2D eigenvalue weighted by atomic mass is 10.2. The van der Waals surface area contributed by atoms with E-state index in [1.54, 1.807) is 15.9 Å². The monoisotopic (exact) mass is 306 g/mol. The Hall–Kier alpha value is -1.73. The van der Waals surface area contributed by atoms with E-state index in [2.05, 4.69) is 10.3 Å². The summed E-state index contributed by atoms with van der Waals surface area (Å²) in [5.74, 6) is 0.145. The Morgan fingerprint density at radius 3 is 2.76 bits per heavy atom. The van der Waals surface area contributed by atoms with Crippen molar-refractivity contribution in [3.63, 3.8) is 0 Å². The molecule has 6 nitrogen and oxygen atoms in total. The molecule has 112 valence electrons. The molecule has 3 rings (SSSR count). The van der Waals surface area contributed by atoms with E-state index in [0.717, 1.165) is 17.7 Å². The number of sulfonamides is 1. The Morgan fingerprint density at radius 2 is 2.05 bits per heavy atom. The quantitative estimate of drug-likeness (QED) is 0.859. The predicted octanol–water partition coefficient (Wildman–Crippen LogP) is 1.54. The molecule has 0 saturated carbocycles. The molecule has 1 fully saturated rings. The SMILES string of the molecule is CCS(=O)(=O)N1CCC(n2cc(-c3ccccc3)nn2)C1. The van der Waals surface area contributed by atoms with Crippen molar-refractivity contribution in [1.82, 2.24) is 19.3 Å². The van der Waals surface area contributed by atoms with Crippen molar-refractivity contribution in [2.24, 2.45) is 0 Å². The van der Waals surface area contributed by atoms with Gasteiger partial charge in [-0.25, -0.2) is 13.1 Å². The summed E-state index contributed by atoms with van der Waals surface area (Å²) in [5.41, 5.74) is 1.83. The highest BCUT2D eigenvalue weighted by Crippen LogP contribution is 2.25. The lowest BCUT2D eigenvalue weighted by Crippen LogP contribution is -2.30. The molecule has 2 heterocycles. The molecule has 1 aromatic heterocycles. The second-order valence-electron chi connectivity index (χ2n) is 5.15. The number of hydrogen-bond donors (Lipinski definition) is 0. The zero-order chi connectivity index (χ0) is 14.9. The molecule has 1 aliphatic rings. The van der Waals surface area contributed by atoms with Gasteiger partial charge >= 0.3 is 0 Å². The highest BCUT2D eigenvalue weighted by Gasteiger charge is 2.31. The van der Waals surface area contributed by atoms with Gasteiger partial charge in [0, 0.05) is 18.7 Å². The lowest BCUT2D eigenvalue weighted by Gasteiger charge is -2.14. The molecule has 0 N–H and O–H groups in total. The molecule has 2 aromatic rings. The van der Waals surface area contributed by atoms with E-state index in [0.29, 0.717) is 13.1 Å². The van der Waals surface area contributed by atoms with Crippen molar-refractivity contribution in [2.45, 2.75) is 19.4 Å². The van der Waals surface area contributed by atoms with Crippen LogP contribution in [0.2, 0.25) is 0 Å². The molecule has 21 heavy (non-hydrogen) atoms. The zero-order valence-electron chi connectivity index (χ0n) is 11.9. The second kappa shape index (κ2) is 5.57. The third kappa shape index (κ3) is 2.84. The first-order valence-electron chi connectivity index (χ1n) is 7.05. The second-order valence-corrected chi connectivity index (χ2v) is 7.41. The van der Waals surface area contributed by atoms with Gasteiger partial charge in [0.05, 0.1) is 18.0 Å². The Kier molecular flexibility index (Phi) is 3.77. The molecule has 1 unspecified atom stereocenters. The minimum atomic E-state index is -3.11. The fourth-order valence-corrected chi connectivity index (χ4v) is 3.71. The first-order valence-corrected chi connectivity index (χ1v) is 8.66. The van der Waals surface area contributed by atoms with Crippen LogP contribution < -0.4 is 0 Å². The van der Waals surface area contributed by atoms with Gasteiger partial charge in [0.25, 0.3) is 0 Å². The molecular formula is C14H18N4O2S. The van der Waals surface area contributed by atoms with Crippen LogP contribution in [0.25, 0.3) is 11.3 Å². The third-order valence-electron chi connectivity index (χ3n) is 3.84. The number of benzene rings is 1. The third-order valence-corrected chi connectivity index (χ3v) is 5.69. The van der Waals surface area contributed by atoms with Gasteiger partial charge in [-0.05, 0) is 13.3 Å². The molecule has 0 spiro atoms. The molecule has 1 aromatic carbocycles. The topological polar surface area (TPSA) is 68.1 Å². The van der Waals surface area contributed by atoms with Crippen molar-refractivity contribution >= 4 is 10.0 Å². The summed E-state index contributed by atoms with van der Waals surface area (Å²) in [6, 6.07) is 9.90. The van der Waals surface area contributed by atoms with Crippen LogP contribution in [0, 0.1) is 0 Å². The Morgan fingerprint density at radius 1 is 1.29 bits per heavy atom. The van der Waals surface area contributed by atoms with Gasteiger partial charge in [-0.15, -0.1) is 5.10 Å². The summed E-state index contributed by atoms with van der Waals surface area (Å²) < 4.78 is 27.1. The van der Waals surface area contributed by atoms with Gasteiger partial charge in [-0.1, -0.05) is 35.5 Å². The van der Waals surface area contributed by atoms with E-state index >= 15 is 0 Å². The summed E-state index contributed by atoms with van der Waals surface area (Å²) in [5, 5.41) is 8.35. The predicted molar refractivity (Wildman–Crippen MR) is 80.1 cm³/mol. The van der Waals surface area contributed by atoms with Gasteiger partial charge in [0.2, 0.25) is 10.0 Å². The van der Waals surface area contributed by atoms with E-state index in [4.69, 9.17) is 0 Å². The summed E-state index contributed by atoms with van der Waals surface area (Å²) in [6.07, 6.45) is 2.67. The molecule has 1 aliphatic heterocycles. The van der Waals surface area contributed by atoms with Gasteiger partial charge < -0.3 is 0 Å². The van der Waals surface area contributed by atoms with Crippen LogP contribution in [0.3, 0.4) is 0 Å². The standard InChI is InChI=1S/C14H18N4O2S/c1-2-21(19,20)17-9-8-13(10-17)18-11-14(15-16-18)12-6-4-3-5-7-12/h3-7,11,13H,2,8-10H2,1H3. The van der Waals surface area contributed by atoms with Gasteiger partial charge in [-0.2, -0.15) is 4.31 Å². The van der Waals surface area contributed by atoms with Crippen LogP contribution in [0.4, 0.5) is 0 Å². The fourth-order valence-electron chi connectivity index (χ4n) is 2.56. The van der Waals surface area contributed by atoms with Crippen molar-refractivity contribution in [1.29, 1.82) is 0 Å². The van der Waals surface area contributed by atoms with Crippen LogP contribution in [0.15, 0.2) is 36.5 Å². The summed E-state index contributed by atoms with van der Waals surface area (Å²) in [7, 11) is -3.11. The fraction of sp³-hybridized carbons (Fsp3) is 0.429. The van der Waals surface area contributed by atoms with E-state index in [1.165, 1.54) is 0 Å². The average molecular weight is 306 g/mol. The molecular weight excluding hydrogens is 288 g/mol. The largest absolute Gasteiger partial charge is 0.247 e. The van der Waals surface area contributed by atoms with Crippen molar-refractivity contribution in [3.8, 4) is 11.3 Å². The van der Waals surface area contributed by atoms with Crippen LogP contribution in [0.1, 0.15) is 19.4 Å². The van der Waals surface area contributed by atoms with Crippen molar-refractivity contribution in [3.05, 3.63) is 36.5 Å². The van der Waals surface area contributed by atoms with Gasteiger partial charge in [0.15, 0.2) is 0 Å². The maximum Gasteiger partial charge on any atom is 0.213 e. The Labute approximate surface area is 124 Å². The summed E-state index contributed by atoms with van der Waals surface area (Å²) in [4.78, 5) is 0. The zero-order valence-corrected chi connectivity index (χ0v) is 12.7. The highest BCUT2D eigenvalue weighted by molar-refractivity contribution is 7.89. The lowest BCUT2D eigenvalue weighted by molar-refractivity contribution is 0.429. The molecule has 1 atom stereocenters. The Bertz CT molecular complexity index is 712. The molecule has 0 amide bonds. The van der Waals surface area contributed by atoms with Crippen molar-refractivity contribution in [2.75, 3.05) is 18.8 Å². The van der Waals surface area contributed by atoms with Crippen molar-refractivity contribution < 1.29 is 8.42 Å². The highest BCUT2D eigenvalue weighted by atomic mass is 32.2. The van der Waals surface area contributed by atoms with Crippen LogP contribution in [0.5, 0.6) is 0 Å². The maximum atomic E-state index is 11.9. The molecule has 0 radical (unpaired) electrons. The maximum absolute atomic E-state index is 11.9. The molecule has 0 bridgehead atoms. The van der Waals surface area contributed by atoms with Gasteiger partial charge in [0.1, 0.15) is 5.69 Å². The Balaban J connectivity index is 1.77. The van der Waals surface area contributed by atoms with Crippen LogP contribution in [-0.2, 0) is 10.0 Å². The van der Waals surface area contributed by atoms with Crippen LogP contribution in [-0.4, -0.2) is 46.6 Å². The minimum Gasteiger partial charge on any atom is -0.247 e. The van der Waals surface area contributed by atoms with Crippen LogP contribution >= 0.6 is 0 Å².